The fraction of sp³-hybridized carbons (Fsp3) is 0.478. The van der Waals surface area contributed by atoms with E-state index in [4.69, 9.17) is 4.74 Å². The van der Waals surface area contributed by atoms with Gasteiger partial charge in [-0.05, 0) is 56.5 Å². The van der Waals surface area contributed by atoms with Gasteiger partial charge in [-0.3, -0.25) is 9.48 Å². The van der Waals surface area contributed by atoms with Crippen molar-refractivity contribution < 1.29 is 13.9 Å². The number of methoxy groups -OCH3 is 1. The summed E-state index contributed by atoms with van der Waals surface area (Å²) >= 11 is 1.70. The number of nitrogens with one attached hydrogen (secondary N) is 1. The van der Waals surface area contributed by atoms with Crippen molar-refractivity contribution in [2.75, 3.05) is 20.2 Å². The summed E-state index contributed by atoms with van der Waals surface area (Å²) in [4.78, 5) is 16.3. The zero-order chi connectivity index (χ0) is 22.2. The molecule has 0 fully saturated rings. The minimum atomic E-state index is -0.406. The summed E-state index contributed by atoms with van der Waals surface area (Å²) in [5.41, 5.74) is 4.39. The molecular weight excluding hydrogens is 415 g/mol. The van der Waals surface area contributed by atoms with Crippen LogP contribution in [0.15, 0.2) is 34.9 Å². The molecule has 1 aromatic heterocycles. The summed E-state index contributed by atoms with van der Waals surface area (Å²) in [6.45, 7) is 7.40. The largest absolute Gasteiger partial charge is 0.352 e. The van der Waals surface area contributed by atoms with Crippen molar-refractivity contribution in [1.29, 1.82) is 0 Å². The predicted molar refractivity (Wildman–Crippen MR) is 121 cm³/mol. The van der Waals surface area contributed by atoms with Crippen LogP contribution >= 0.6 is 11.8 Å². The summed E-state index contributed by atoms with van der Waals surface area (Å²) in [5.74, 6) is -0.158. The second kappa shape index (κ2) is 8.67. The highest BCUT2D eigenvalue weighted by atomic mass is 32.2. The maximum Gasteiger partial charge on any atom is 0.244 e. The molecule has 3 heterocycles. The van der Waals surface area contributed by atoms with Crippen LogP contribution in [0.5, 0.6) is 0 Å². The van der Waals surface area contributed by atoms with Gasteiger partial charge in [0.15, 0.2) is 5.06 Å². The minimum Gasteiger partial charge on any atom is -0.352 e. The molecule has 166 valence electrons. The number of ether oxygens (including phenoxy) is 1. The second-order valence-electron chi connectivity index (χ2n) is 8.16. The topological polar surface area (TPSA) is 59.4 Å². The molecule has 2 aromatic rings. The molecule has 2 aliphatic rings. The van der Waals surface area contributed by atoms with Crippen LogP contribution in [0.1, 0.15) is 37.9 Å². The summed E-state index contributed by atoms with van der Waals surface area (Å²) in [6, 6.07) is 6.98. The zero-order valence-electron chi connectivity index (χ0n) is 18.5. The lowest BCUT2D eigenvalue weighted by atomic mass is 10.1. The number of aromatic nitrogens is 2. The smallest absolute Gasteiger partial charge is 0.244 e. The fourth-order valence-corrected chi connectivity index (χ4v) is 5.25. The Morgan fingerprint density at radius 1 is 1.32 bits per heavy atom. The molecule has 0 radical (unpaired) electrons. The first-order valence-corrected chi connectivity index (χ1v) is 11.5. The molecule has 1 atom stereocenters. The number of carbonyl (C=O) groups excluding carboxylic acids is 1. The number of carbonyl (C=O) groups is 1. The van der Waals surface area contributed by atoms with Crippen molar-refractivity contribution in [3.8, 4) is 11.3 Å². The van der Waals surface area contributed by atoms with E-state index in [1.54, 1.807) is 42.6 Å². The van der Waals surface area contributed by atoms with Gasteiger partial charge in [0, 0.05) is 48.5 Å². The maximum atomic E-state index is 13.6. The minimum absolute atomic E-state index is 0.0697. The van der Waals surface area contributed by atoms with Gasteiger partial charge in [-0.1, -0.05) is 18.7 Å². The number of thioether (sulfide) groups is 1. The van der Waals surface area contributed by atoms with Gasteiger partial charge in [0.2, 0.25) is 5.91 Å². The molecule has 6 nitrogen and oxygen atoms in total. The Bertz CT molecular complexity index is 1010. The van der Waals surface area contributed by atoms with E-state index in [-0.39, 0.29) is 18.3 Å². The highest BCUT2D eigenvalue weighted by Crippen LogP contribution is 2.42. The molecule has 2 aliphatic heterocycles. The molecule has 1 aromatic carbocycles. The van der Waals surface area contributed by atoms with Crippen molar-refractivity contribution >= 4 is 17.7 Å². The summed E-state index contributed by atoms with van der Waals surface area (Å²) in [7, 11) is 1.71. The summed E-state index contributed by atoms with van der Waals surface area (Å²) in [5, 5.41) is 7.72. The van der Waals surface area contributed by atoms with E-state index in [1.807, 2.05) is 24.8 Å². The summed E-state index contributed by atoms with van der Waals surface area (Å²) < 4.78 is 21.0. The summed E-state index contributed by atoms with van der Waals surface area (Å²) in [6.07, 6.45) is 2.40. The van der Waals surface area contributed by atoms with Crippen molar-refractivity contribution in [3.63, 3.8) is 0 Å². The first kappa shape index (κ1) is 21.9. The van der Waals surface area contributed by atoms with Crippen LogP contribution in [-0.4, -0.2) is 45.8 Å². The number of aryl methyl sites for hydroxylation is 2. The quantitative estimate of drug-likeness (QED) is 0.754. The number of benzene rings is 1. The molecule has 1 N–H and O–H groups in total. The molecule has 0 spiro atoms. The molecule has 31 heavy (non-hydrogen) atoms. The Balaban J connectivity index is 1.44. The van der Waals surface area contributed by atoms with Crippen LogP contribution in [0.4, 0.5) is 4.39 Å². The van der Waals surface area contributed by atoms with Gasteiger partial charge in [0.25, 0.3) is 0 Å². The van der Waals surface area contributed by atoms with Gasteiger partial charge < -0.3 is 15.0 Å². The zero-order valence-corrected chi connectivity index (χ0v) is 19.3. The van der Waals surface area contributed by atoms with E-state index in [1.165, 1.54) is 16.7 Å². The van der Waals surface area contributed by atoms with Gasteiger partial charge >= 0.3 is 0 Å². The highest BCUT2D eigenvalue weighted by molar-refractivity contribution is 8.04. The van der Waals surface area contributed by atoms with E-state index >= 15 is 0 Å². The molecule has 1 amide bonds. The average molecular weight is 445 g/mol. The lowest BCUT2D eigenvalue weighted by Gasteiger charge is -2.26. The van der Waals surface area contributed by atoms with E-state index < -0.39 is 5.06 Å². The van der Waals surface area contributed by atoms with E-state index in [9.17, 15) is 9.18 Å². The Hall–Kier alpha value is -2.32. The Labute approximate surface area is 186 Å². The fourth-order valence-electron chi connectivity index (χ4n) is 4.06. The van der Waals surface area contributed by atoms with Crippen LogP contribution in [0.3, 0.4) is 0 Å². The molecule has 1 unspecified atom stereocenters. The Kier molecular flexibility index (Phi) is 6.12. The van der Waals surface area contributed by atoms with Gasteiger partial charge in [0.05, 0.1) is 5.69 Å². The molecular formula is C23H29FN4O2S. The molecule has 8 heteroatoms. The van der Waals surface area contributed by atoms with Gasteiger partial charge in [-0.25, -0.2) is 4.39 Å². The first-order chi connectivity index (χ1) is 14.8. The SMILES string of the molecule is CCc1cc(-c2ccc(F)c(C)c2)nn1CC(=O)N1CCC2=C(CC1)SC(C)(OC)N2. The van der Waals surface area contributed by atoms with Crippen molar-refractivity contribution in [1.82, 2.24) is 20.0 Å². The van der Waals surface area contributed by atoms with Crippen LogP contribution in [-0.2, 0) is 22.5 Å². The average Bonchev–Trinajstić information content (AvgIpc) is 3.24. The molecule has 4 rings (SSSR count). The van der Waals surface area contributed by atoms with E-state index in [0.29, 0.717) is 18.7 Å². The lowest BCUT2D eigenvalue weighted by molar-refractivity contribution is -0.132. The normalized spacial score (nSPS) is 21.1. The van der Waals surface area contributed by atoms with Gasteiger partial charge in [-0.15, -0.1) is 0 Å². The molecule has 0 bridgehead atoms. The number of nitrogens with zero attached hydrogens (tertiary/aromatic N) is 3. The van der Waals surface area contributed by atoms with Crippen LogP contribution in [0.2, 0.25) is 0 Å². The van der Waals surface area contributed by atoms with Crippen LogP contribution in [0, 0.1) is 12.7 Å². The third kappa shape index (κ3) is 4.50. The van der Waals surface area contributed by atoms with Crippen LogP contribution in [0.25, 0.3) is 11.3 Å². The van der Waals surface area contributed by atoms with Crippen molar-refractivity contribution in [2.24, 2.45) is 0 Å². The number of rotatable bonds is 5. The third-order valence-corrected chi connectivity index (χ3v) is 7.33. The first-order valence-electron chi connectivity index (χ1n) is 10.7. The maximum absolute atomic E-state index is 13.6. The van der Waals surface area contributed by atoms with Crippen LogP contribution < -0.4 is 5.32 Å². The van der Waals surface area contributed by atoms with Gasteiger partial charge in [-0.2, -0.15) is 5.10 Å². The standard InChI is InChI=1S/C23H29FN4O2S/c1-5-17-13-20(16-6-7-18(24)15(2)12-16)26-28(17)14-22(29)27-10-8-19-21(9-11-27)31-23(3,25-19)30-4/h6-7,12-13,25H,5,8-11,14H2,1-4H3. The van der Waals surface area contributed by atoms with Crippen molar-refractivity contribution in [2.45, 2.75) is 51.6 Å². The third-order valence-electron chi connectivity index (χ3n) is 5.98. The van der Waals surface area contributed by atoms with E-state index in [2.05, 4.69) is 10.4 Å². The monoisotopic (exact) mass is 444 g/mol. The number of hydrogen-bond donors (Lipinski definition) is 1. The highest BCUT2D eigenvalue weighted by Gasteiger charge is 2.36. The molecule has 0 aliphatic carbocycles. The second-order valence-corrected chi connectivity index (χ2v) is 9.63. The number of amides is 1. The Morgan fingerprint density at radius 2 is 2.10 bits per heavy atom. The van der Waals surface area contributed by atoms with Gasteiger partial charge in [0.1, 0.15) is 12.4 Å². The predicted octanol–water partition coefficient (Wildman–Crippen LogP) is 4.05. The lowest BCUT2D eigenvalue weighted by Crippen LogP contribution is -2.39. The molecule has 0 saturated heterocycles. The van der Waals surface area contributed by atoms with E-state index in [0.717, 1.165) is 36.2 Å². The number of halogens is 1. The molecule has 0 saturated carbocycles. The number of hydrogen-bond acceptors (Lipinski definition) is 5. The van der Waals surface area contributed by atoms with Crippen molar-refractivity contribution in [3.05, 3.63) is 51.9 Å². The Morgan fingerprint density at radius 3 is 2.81 bits per heavy atom.